The Morgan fingerprint density at radius 3 is 2.77 bits per heavy atom. The van der Waals surface area contributed by atoms with E-state index in [2.05, 4.69) is 57.1 Å². The van der Waals surface area contributed by atoms with E-state index in [1.807, 2.05) is 30.3 Å². The van der Waals surface area contributed by atoms with Crippen LogP contribution in [0.3, 0.4) is 0 Å². The standard InChI is InChI=1S/C20H22IN3O2/c1-15-12-16(8-9-18(15)24-10-4-5-11-24)13-22-23-20(25)14-26-19-7-3-2-6-17(19)21/h2-3,6-9,12-13H,4-5,10-11,14H2,1H3,(H,23,25)/b22-13+. The predicted molar refractivity (Wildman–Crippen MR) is 113 cm³/mol. The summed E-state index contributed by atoms with van der Waals surface area (Å²) in [6, 6.07) is 13.8. The number of nitrogens with zero attached hydrogens (tertiary/aromatic N) is 2. The van der Waals surface area contributed by atoms with Gasteiger partial charge < -0.3 is 9.64 Å². The summed E-state index contributed by atoms with van der Waals surface area (Å²) in [5.74, 6) is 0.409. The zero-order valence-corrected chi connectivity index (χ0v) is 16.9. The molecule has 0 bridgehead atoms. The minimum atomic E-state index is -0.286. The first-order chi connectivity index (χ1) is 12.6. The van der Waals surface area contributed by atoms with E-state index >= 15 is 0 Å². The number of amides is 1. The highest BCUT2D eigenvalue weighted by molar-refractivity contribution is 14.1. The Hall–Kier alpha value is -2.09. The Morgan fingerprint density at radius 1 is 1.27 bits per heavy atom. The quantitative estimate of drug-likeness (QED) is 0.404. The number of halogens is 1. The number of benzene rings is 2. The first kappa shape index (κ1) is 18.7. The Labute approximate surface area is 167 Å². The number of anilines is 1. The van der Waals surface area contributed by atoms with Crippen LogP contribution in [-0.4, -0.2) is 31.8 Å². The topological polar surface area (TPSA) is 53.9 Å². The lowest BCUT2D eigenvalue weighted by molar-refractivity contribution is -0.123. The van der Waals surface area contributed by atoms with Crippen molar-refractivity contribution in [3.05, 3.63) is 57.2 Å². The van der Waals surface area contributed by atoms with Gasteiger partial charge >= 0.3 is 0 Å². The van der Waals surface area contributed by atoms with Gasteiger partial charge in [-0.2, -0.15) is 5.10 Å². The molecule has 0 radical (unpaired) electrons. The summed E-state index contributed by atoms with van der Waals surface area (Å²) in [5.41, 5.74) is 5.98. The number of para-hydroxylation sites is 1. The second-order valence-corrected chi connectivity index (χ2v) is 7.41. The molecule has 0 spiro atoms. The van der Waals surface area contributed by atoms with Crippen LogP contribution >= 0.6 is 22.6 Å². The molecule has 1 amide bonds. The number of carbonyl (C=O) groups is 1. The molecule has 0 aliphatic carbocycles. The number of hydrogen-bond acceptors (Lipinski definition) is 4. The highest BCUT2D eigenvalue weighted by atomic mass is 127. The maximum Gasteiger partial charge on any atom is 0.277 e. The molecular formula is C20H22IN3O2. The number of rotatable bonds is 6. The molecule has 6 heteroatoms. The van der Waals surface area contributed by atoms with Gasteiger partial charge in [0.1, 0.15) is 5.75 Å². The third-order valence-electron chi connectivity index (χ3n) is 4.27. The molecule has 1 saturated heterocycles. The summed E-state index contributed by atoms with van der Waals surface area (Å²) in [6.45, 7) is 4.30. The molecular weight excluding hydrogens is 441 g/mol. The minimum absolute atomic E-state index is 0.0652. The summed E-state index contributed by atoms with van der Waals surface area (Å²) in [5, 5.41) is 4.02. The Morgan fingerprint density at radius 2 is 2.04 bits per heavy atom. The van der Waals surface area contributed by atoms with Gasteiger partial charge in [-0.1, -0.05) is 18.2 Å². The fourth-order valence-corrected chi connectivity index (χ4v) is 3.53. The van der Waals surface area contributed by atoms with Crippen molar-refractivity contribution in [3.63, 3.8) is 0 Å². The second-order valence-electron chi connectivity index (χ2n) is 6.25. The average molecular weight is 463 g/mol. The molecule has 2 aromatic carbocycles. The molecule has 1 fully saturated rings. The molecule has 136 valence electrons. The van der Waals surface area contributed by atoms with Crippen LogP contribution in [0.15, 0.2) is 47.6 Å². The lowest BCUT2D eigenvalue weighted by atomic mass is 10.1. The largest absolute Gasteiger partial charge is 0.483 e. The minimum Gasteiger partial charge on any atom is -0.483 e. The van der Waals surface area contributed by atoms with Gasteiger partial charge in [0.2, 0.25) is 0 Å². The molecule has 0 unspecified atom stereocenters. The first-order valence-electron chi connectivity index (χ1n) is 8.68. The summed E-state index contributed by atoms with van der Waals surface area (Å²) >= 11 is 2.17. The van der Waals surface area contributed by atoms with E-state index in [-0.39, 0.29) is 12.5 Å². The molecule has 5 nitrogen and oxygen atoms in total. The number of ether oxygens (including phenoxy) is 1. The number of aryl methyl sites for hydroxylation is 1. The van der Waals surface area contributed by atoms with E-state index in [0.717, 1.165) is 22.2 Å². The van der Waals surface area contributed by atoms with Gasteiger partial charge in [-0.3, -0.25) is 4.79 Å². The van der Waals surface area contributed by atoms with Crippen molar-refractivity contribution < 1.29 is 9.53 Å². The molecule has 0 aromatic heterocycles. The van der Waals surface area contributed by atoms with E-state index in [0.29, 0.717) is 5.75 Å². The van der Waals surface area contributed by atoms with Gasteiger partial charge in [0, 0.05) is 18.8 Å². The summed E-state index contributed by atoms with van der Waals surface area (Å²) in [4.78, 5) is 14.3. The van der Waals surface area contributed by atoms with Gasteiger partial charge in [0.25, 0.3) is 5.91 Å². The third kappa shape index (κ3) is 4.97. The van der Waals surface area contributed by atoms with Gasteiger partial charge in [-0.15, -0.1) is 0 Å². The smallest absolute Gasteiger partial charge is 0.277 e. The highest BCUT2D eigenvalue weighted by Crippen LogP contribution is 2.24. The Balaban J connectivity index is 1.51. The van der Waals surface area contributed by atoms with Crippen molar-refractivity contribution in [1.29, 1.82) is 0 Å². The van der Waals surface area contributed by atoms with Gasteiger partial charge in [-0.25, -0.2) is 5.43 Å². The van der Waals surface area contributed by atoms with Crippen LogP contribution in [0.4, 0.5) is 5.69 Å². The van der Waals surface area contributed by atoms with E-state index in [9.17, 15) is 4.79 Å². The number of carbonyl (C=O) groups excluding carboxylic acids is 1. The molecule has 0 saturated carbocycles. The van der Waals surface area contributed by atoms with Crippen molar-refractivity contribution in [2.75, 3.05) is 24.6 Å². The lowest BCUT2D eigenvalue weighted by Gasteiger charge is -2.20. The van der Waals surface area contributed by atoms with Crippen LogP contribution in [0.5, 0.6) is 5.75 Å². The van der Waals surface area contributed by atoms with Gasteiger partial charge in [0.15, 0.2) is 6.61 Å². The lowest BCUT2D eigenvalue weighted by Crippen LogP contribution is -2.24. The van der Waals surface area contributed by atoms with Gasteiger partial charge in [-0.05, 0) is 77.7 Å². The predicted octanol–water partition coefficient (Wildman–Crippen LogP) is 3.73. The number of nitrogens with one attached hydrogen (secondary N) is 1. The molecule has 3 rings (SSSR count). The monoisotopic (exact) mass is 463 g/mol. The maximum atomic E-state index is 11.9. The van der Waals surface area contributed by atoms with Crippen LogP contribution in [0, 0.1) is 10.5 Å². The normalized spacial score (nSPS) is 14.0. The second kappa shape index (κ2) is 9.02. The summed E-state index contributed by atoms with van der Waals surface area (Å²) in [7, 11) is 0. The fourth-order valence-electron chi connectivity index (χ4n) is 2.99. The van der Waals surface area contributed by atoms with E-state index in [1.165, 1.54) is 24.1 Å². The van der Waals surface area contributed by atoms with Gasteiger partial charge in [0.05, 0.1) is 9.78 Å². The van der Waals surface area contributed by atoms with Crippen LogP contribution in [0.1, 0.15) is 24.0 Å². The summed E-state index contributed by atoms with van der Waals surface area (Å²) < 4.78 is 6.46. The van der Waals surface area contributed by atoms with Crippen LogP contribution in [-0.2, 0) is 4.79 Å². The molecule has 2 aromatic rings. The number of hydrazone groups is 1. The van der Waals surface area contributed by atoms with Crippen LogP contribution in [0.25, 0.3) is 0 Å². The maximum absolute atomic E-state index is 11.9. The van der Waals surface area contributed by atoms with Crippen molar-refractivity contribution in [2.45, 2.75) is 19.8 Å². The van der Waals surface area contributed by atoms with Crippen molar-refractivity contribution >= 4 is 40.4 Å². The number of hydrogen-bond donors (Lipinski definition) is 1. The average Bonchev–Trinajstić information content (AvgIpc) is 3.15. The van der Waals surface area contributed by atoms with Crippen molar-refractivity contribution in [2.24, 2.45) is 5.10 Å². The molecule has 1 heterocycles. The van der Waals surface area contributed by atoms with E-state index in [1.54, 1.807) is 6.21 Å². The molecule has 1 aliphatic rings. The van der Waals surface area contributed by atoms with E-state index < -0.39 is 0 Å². The molecule has 1 N–H and O–H groups in total. The van der Waals surface area contributed by atoms with E-state index in [4.69, 9.17) is 4.74 Å². The SMILES string of the molecule is Cc1cc(/C=N/NC(=O)COc2ccccc2I)ccc1N1CCCC1. The van der Waals surface area contributed by atoms with Crippen LogP contribution < -0.4 is 15.1 Å². The first-order valence-corrected chi connectivity index (χ1v) is 9.76. The zero-order chi connectivity index (χ0) is 18.4. The molecule has 1 aliphatic heterocycles. The zero-order valence-electron chi connectivity index (χ0n) is 14.7. The Bertz CT molecular complexity index is 801. The highest BCUT2D eigenvalue weighted by Gasteiger charge is 2.14. The van der Waals surface area contributed by atoms with Crippen molar-refractivity contribution in [1.82, 2.24) is 5.43 Å². The van der Waals surface area contributed by atoms with Crippen LogP contribution in [0.2, 0.25) is 0 Å². The fraction of sp³-hybridized carbons (Fsp3) is 0.300. The Kier molecular flexibility index (Phi) is 6.49. The molecule has 26 heavy (non-hydrogen) atoms. The molecule has 0 atom stereocenters. The summed E-state index contributed by atoms with van der Waals surface area (Å²) in [6.07, 6.45) is 4.18. The third-order valence-corrected chi connectivity index (χ3v) is 5.16. The van der Waals surface area contributed by atoms with Crippen molar-refractivity contribution in [3.8, 4) is 5.75 Å².